The highest BCUT2D eigenvalue weighted by Crippen LogP contribution is 2.30. The summed E-state index contributed by atoms with van der Waals surface area (Å²) < 4.78 is 0. The summed E-state index contributed by atoms with van der Waals surface area (Å²) in [5.41, 5.74) is 7.32. The summed E-state index contributed by atoms with van der Waals surface area (Å²) in [7, 11) is 0. The van der Waals surface area contributed by atoms with Crippen LogP contribution >= 0.6 is 11.6 Å². The van der Waals surface area contributed by atoms with Crippen LogP contribution in [0.25, 0.3) is 0 Å². The number of aliphatic hydroxyl groups is 1. The number of para-hydroxylation sites is 1. The second kappa shape index (κ2) is 6.31. The zero-order valence-electron chi connectivity index (χ0n) is 12.3. The van der Waals surface area contributed by atoms with E-state index in [4.69, 9.17) is 17.3 Å². The van der Waals surface area contributed by atoms with Gasteiger partial charge >= 0.3 is 0 Å². The molecule has 0 atom stereocenters. The molecule has 1 heterocycles. The molecule has 20 heavy (non-hydrogen) atoms. The molecule has 0 aliphatic carbocycles. The molecule has 1 aromatic carbocycles. The second-order valence-electron chi connectivity index (χ2n) is 6.03. The largest absolute Gasteiger partial charge is 0.389 e. The van der Waals surface area contributed by atoms with E-state index in [0.29, 0.717) is 13.1 Å². The van der Waals surface area contributed by atoms with Crippen LogP contribution in [0, 0.1) is 0 Å². The Kier molecular flexibility index (Phi) is 4.91. The average Bonchev–Trinajstić information content (AvgIpc) is 2.38. The molecule has 1 fully saturated rings. The van der Waals surface area contributed by atoms with E-state index < -0.39 is 5.60 Å². The van der Waals surface area contributed by atoms with Crippen LogP contribution in [0.4, 0.5) is 5.69 Å². The molecule has 0 aromatic heterocycles. The minimum absolute atomic E-state index is 0.500. The highest BCUT2D eigenvalue weighted by molar-refractivity contribution is 6.33. The lowest BCUT2D eigenvalue weighted by Gasteiger charge is -2.39. The van der Waals surface area contributed by atoms with Crippen molar-refractivity contribution in [2.75, 3.05) is 37.6 Å². The molecule has 112 valence electrons. The van der Waals surface area contributed by atoms with Crippen LogP contribution in [0.3, 0.4) is 0 Å². The molecule has 2 rings (SSSR count). The number of β-amino-alcohol motifs (C(OH)–C–C–N with tert-alkyl or cyclic N) is 1. The van der Waals surface area contributed by atoms with Gasteiger partial charge in [0.05, 0.1) is 16.3 Å². The first-order chi connectivity index (χ1) is 9.40. The van der Waals surface area contributed by atoms with Gasteiger partial charge < -0.3 is 15.7 Å². The molecule has 4 nitrogen and oxygen atoms in total. The van der Waals surface area contributed by atoms with Crippen LogP contribution in [-0.2, 0) is 6.54 Å². The Morgan fingerprint density at radius 2 is 1.90 bits per heavy atom. The van der Waals surface area contributed by atoms with E-state index in [1.54, 1.807) is 0 Å². The van der Waals surface area contributed by atoms with E-state index in [1.807, 2.05) is 32.0 Å². The summed E-state index contributed by atoms with van der Waals surface area (Å²) >= 11 is 6.33. The first kappa shape index (κ1) is 15.6. The summed E-state index contributed by atoms with van der Waals surface area (Å²) in [5, 5.41) is 10.7. The van der Waals surface area contributed by atoms with Crippen LogP contribution in [0.2, 0.25) is 5.02 Å². The first-order valence-electron chi connectivity index (χ1n) is 7.08. The maximum Gasteiger partial charge on any atom is 0.0718 e. The van der Waals surface area contributed by atoms with Crippen LogP contribution < -0.4 is 10.6 Å². The first-order valence-corrected chi connectivity index (χ1v) is 7.45. The number of rotatable bonds is 4. The number of benzene rings is 1. The van der Waals surface area contributed by atoms with E-state index in [-0.39, 0.29) is 0 Å². The molecule has 3 N–H and O–H groups in total. The van der Waals surface area contributed by atoms with E-state index in [0.717, 1.165) is 42.5 Å². The molecule has 5 heteroatoms. The van der Waals surface area contributed by atoms with Crippen LogP contribution in [-0.4, -0.2) is 48.3 Å². The molecule has 0 unspecified atom stereocenters. The van der Waals surface area contributed by atoms with Crippen molar-refractivity contribution in [3.05, 3.63) is 28.8 Å². The normalized spacial score (nSPS) is 17.6. The van der Waals surface area contributed by atoms with Gasteiger partial charge in [0.25, 0.3) is 0 Å². The number of nitrogens with zero attached hydrogens (tertiary/aromatic N) is 2. The number of piperazine rings is 1. The summed E-state index contributed by atoms with van der Waals surface area (Å²) in [6.07, 6.45) is 0. The fourth-order valence-corrected chi connectivity index (χ4v) is 3.07. The van der Waals surface area contributed by atoms with Gasteiger partial charge in [-0.1, -0.05) is 23.7 Å². The van der Waals surface area contributed by atoms with Gasteiger partial charge in [0.2, 0.25) is 0 Å². The Labute approximate surface area is 126 Å². The molecule has 0 spiro atoms. The lowest BCUT2D eigenvalue weighted by atomic mass is 10.1. The van der Waals surface area contributed by atoms with Crippen molar-refractivity contribution >= 4 is 17.3 Å². The highest BCUT2D eigenvalue weighted by atomic mass is 35.5. The molecule has 1 aliphatic heterocycles. The summed E-state index contributed by atoms with van der Waals surface area (Å²) in [6.45, 7) is 8.57. The maximum absolute atomic E-state index is 9.89. The van der Waals surface area contributed by atoms with E-state index in [2.05, 4.69) is 9.80 Å². The van der Waals surface area contributed by atoms with Gasteiger partial charge in [-0.25, -0.2) is 0 Å². The van der Waals surface area contributed by atoms with Gasteiger partial charge in [-0.15, -0.1) is 0 Å². The molecule has 0 saturated carbocycles. The van der Waals surface area contributed by atoms with Crippen molar-refractivity contribution in [1.82, 2.24) is 4.90 Å². The monoisotopic (exact) mass is 297 g/mol. The smallest absolute Gasteiger partial charge is 0.0718 e. The van der Waals surface area contributed by atoms with Gasteiger partial charge in [-0.05, 0) is 25.5 Å². The van der Waals surface area contributed by atoms with Crippen molar-refractivity contribution in [2.24, 2.45) is 5.73 Å². The van der Waals surface area contributed by atoms with Crippen LogP contribution in [0.5, 0.6) is 0 Å². The highest BCUT2D eigenvalue weighted by Gasteiger charge is 2.24. The van der Waals surface area contributed by atoms with Crippen molar-refractivity contribution in [3.63, 3.8) is 0 Å². The Morgan fingerprint density at radius 1 is 1.25 bits per heavy atom. The van der Waals surface area contributed by atoms with E-state index in [1.165, 1.54) is 0 Å². The average molecular weight is 298 g/mol. The van der Waals surface area contributed by atoms with Crippen molar-refractivity contribution < 1.29 is 5.11 Å². The van der Waals surface area contributed by atoms with E-state index >= 15 is 0 Å². The zero-order chi connectivity index (χ0) is 14.8. The Morgan fingerprint density at radius 3 is 2.45 bits per heavy atom. The SMILES string of the molecule is CC(C)(O)CN1CCN(c2c(Cl)cccc2CN)CC1. The predicted octanol–water partition coefficient (Wildman–Crippen LogP) is 1.69. The number of hydrogen-bond acceptors (Lipinski definition) is 4. The molecule has 0 amide bonds. The predicted molar refractivity (Wildman–Crippen MR) is 84.3 cm³/mol. The van der Waals surface area contributed by atoms with Crippen molar-refractivity contribution in [3.8, 4) is 0 Å². The summed E-state index contributed by atoms with van der Waals surface area (Å²) in [6, 6.07) is 5.89. The summed E-state index contributed by atoms with van der Waals surface area (Å²) in [4.78, 5) is 4.58. The molecule has 1 saturated heterocycles. The van der Waals surface area contributed by atoms with Crippen molar-refractivity contribution in [1.29, 1.82) is 0 Å². The minimum atomic E-state index is -0.644. The fraction of sp³-hybridized carbons (Fsp3) is 0.600. The Balaban J connectivity index is 2.04. The molecule has 0 radical (unpaired) electrons. The fourth-order valence-electron chi connectivity index (χ4n) is 2.76. The van der Waals surface area contributed by atoms with Gasteiger partial charge in [0, 0.05) is 39.3 Å². The number of hydrogen-bond donors (Lipinski definition) is 2. The Hall–Kier alpha value is -0.810. The minimum Gasteiger partial charge on any atom is -0.389 e. The molecular weight excluding hydrogens is 274 g/mol. The maximum atomic E-state index is 9.89. The van der Waals surface area contributed by atoms with Gasteiger partial charge in [0.15, 0.2) is 0 Å². The number of halogens is 1. The lowest BCUT2D eigenvalue weighted by molar-refractivity contribution is 0.0345. The molecule has 1 aromatic rings. The molecular formula is C15H24ClN3O. The standard InChI is InChI=1S/C15H24ClN3O/c1-15(2,20)11-18-6-8-19(9-7-18)14-12(10-17)4-3-5-13(14)16/h3-5,20H,6-11,17H2,1-2H3. The van der Waals surface area contributed by atoms with Gasteiger partial charge in [0.1, 0.15) is 0 Å². The lowest BCUT2D eigenvalue weighted by Crippen LogP contribution is -2.50. The number of nitrogens with two attached hydrogens (primary N) is 1. The third-order valence-corrected chi connectivity index (χ3v) is 3.89. The second-order valence-corrected chi connectivity index (χ2v) is 6.43. The number of anilines is 1. The molecule has 0 bridgehead atoms. The van der Waals surface area contributed by atoms with Crippen LogP contribution in [0.1, 0.15) is 19.4 Å². The summed E-state index contributed by atoms with van der Waals surface area (Å²) in [5.74, 6) is 0. The van der Waals surface area contributed by atoms with E-state index in [9.17, 15) is 5.11 Å². The van der Waals surface area contributed by atoms with Crippen LogP contribution in [0.15, 0.2) is 18.2 Å². The van der Waals surface area contributed by atoms with Crippen molar-refractivity contribution in [2.45, 2.75) is 26.0 Å². The third-order valence-electron chi connectivity index (χ3n) is 3.59. The molecule has 1 aliphatic rings. The quantitative estimate of drug-likeness (QED) is 0.888. The zero-order valence-corrected chi connectivity index (χ0v) is 13.0. The Bertz CT molecular complexity index is 451. The third kappa shape index (κ3) is 3.85. The van der Waals surface area contributed by atoms with Gasteiger partial charge in [-0.2, -0.15) is 0 Å². The van der Waals surface area contributed by atoms with Gasteiger partial charge in [-0.3, -0.25) is 4.90 Å². The topological polar surface area (TPSA) is 52.7 Å².